The lowest BCUT2D eigenvalue weighted by Gasteiger charge is -2.32. The maximum Gasteiger partial charge on any atom is 0.199 e. The molecule has 3 rings (SSSR count). The Hall–Kier alpha value is -0.160. The number of aliphatic hydroxyl groups is 3. The molecule has 1 aromatic carbocycles. The van der Waals surface area contributed by atoms with Gasteiger partial charge in [-0.25, -0.2) is 4.98 Å². The summed E-state index contributed by atoms with van der Waals surface area (Å²) in [5.74, 6) is 0. The quantitative estimate of drug-likeness (QED) is 0.608. The molecule has 1 aliphatic rings. The first-order chi connectivity index (χ1) is 9.90. The van der Waals surface area contributed by atoms with Crippen LogP contribution in [0.5, 0.6) is 0 Å². The summed E-state index contributed by atoms with van der Waals surface area (Å²) in [6.45, 7) is -0.605. The molecular formula is C12H11Cl2IN2O4. The Bertz CT molecular complexity index is 710. The van der Waals surface area contributed by atoms with Gasteiger partial charge in [0.2, 0.25) is 0 Å². The van der Waals surface area contributed by atoms with Gasteiger partial charge in [0, 0.05) is 22.6 Å². The Morgan fingerprint density at radius 3 is 2.62 bits per heavy atom. The first-order valence-electron chi connectivity index (χ1n) is 6.05. The molecule has 0 unspecified atom stereocenters. The number of ether oxygens (including phenoxy) is 1. The van der Waals surface area contributed by atoms with Gasteiger partial charge in [-0.1, -0.05) is 23.2 Å². The van der Waals surface area contributed by atoms with E-state index < -0.39 is 24.5 Å². The smallest absolute Gasteiger partial charge is 0.199 e. The highest BCUT2D eigenvalue weighted by atomic mass is 127. The second-order valence-corrected chi connectivity index (χ2v) is 6.58. The summed E-state index contributed by atoms with van der Waals surface area (Å²) in [5, 5.41) is 30.5. The van der Waals surface area contributed by atoms with E-state index in [0.29, 0.717) is 24.9 Å². The van der Waals surface area contributed by atoms with Crippen LogP contribution in [0.1, 0.15) is 0 Å². The number of halogens is 3. The van der Waals surface area contributed by atoms with Crippen LogP contribution in [0.25, 0.3) is 11.0 Å². The van der Waals surface area contributed by atoms with Crippen molar-refractivity contribution in [2.24, 2.45) is 0 Å². The zero-order valence-corrected chi connectivity index (χ0v) is 14.2. The van der Waals surface area contributed by atoms with E-state index in [2.05, 4.69) is 4.98 Å². The van der Waals surface area contributed by atoms with Gasteiger partial charge in [0.1, 0.15) is 12.2 Å². The Labute approximate surface area is 143 Å². The maximum absolute atomic E-state index is 10.2. The normalized spacial score (nSPS) is 29.4. The van der Waals surface area contributed by atoms with Crippen LogP contribution in [0, 0.1) is 3.83 Å². The predicted octanol–water partition coefficient (Wildman–Crippen LogP) is 1.34. The van der Waals surface area contributed by atoms with Gasteiger partial charge in [-0.3, -0.25) is 4.57 Å². The number of hydrogen-bond acceptors (Lipinski definition) is 5. The van der Waals surface area contributed by atoms with Gasteiger partial charge in [0.25, 0.3) is 0 Å². The number of fused-ring (bicyclic) bond motifs is 1. The van der Waals surface area contributed by atoms with Gasteiger partial charge >= 0.3 is 0 Å². The average Bonchev–Trinajstić information content (AvgIpc) is 2.90. The molecule has 3 atom stereocenters. The molecule has 1 fully saturated rings. The Balaban J connectivity index is 2.28. The number of hydrogen-bond donors (Lipinski definition) is 3. The third kappa shape index (κ3) is 2.26. The first-order valence-corrected chi connectivity index (χ1v) is 7.88. The van der Waals surface area contributed by atoms with Crippen molar-refractivity contribution in [1.82, 2.24) is 9.55 Å². The maximum atomic E-state index is 10.2. The summed E-state index contributed by atoms with van der Waals surface area (Å²) in [6, 6.07) is 3.19. The van der Waals surface area contributed by atoms with Crippen LogP contribution in [0.15, 0.2) is 12.1 Å². The van der Waals surface area contributed by atoms with E-state index in [0.717, 1.165) is 0 Å². The van der Waals surface area contributed by atoms with Gasteiger partial charge in [0.15, 0.2) is 9.56 Å². The number of aromatic nitrogens is 2. The lowest BCUT2D eigenvalue weighted by Crippen LogP contribution is -2.49. The summed E-state index contributed by atoms with van der Waals surface area (Å²) < 4.78 is 7.52. The molecule has 114 valence electrons. The third-order valence-electron chi connectivity index (χ3n) is 3.59. The molecule has 2 aromatic rings. The monoisotopic (exact) mass is 444 g/mol. The summed E-state index contributed by atoms with van der Waals surface area (Å²) >= 11 is 14.0. The molecular weight excluding hydrogens is 434 g/mol. The minimum absolute atomic E-state index is 0.0845. The van der Waals surface area contributed by atoms with Crippen LogP contribution in [0.3, 0.4) is 0 Å². The van der Waals surface area contributed by atoms with Crippen molar-refractivity contribution in [3.05, 3.63) is 26.0 Å². The topological polar surface area (TPSA) is 87.7 Å². The third-order valence-corrected chi connectivity index (χ3v) is 5.04. The summed E-state index contributed by atoms with van der Waals surface area (Å²) in [7, 11) is 0. The number of rotatable bonds is 2. The van der Waals surface area contributed by atoms with Gasteiger partial charge in [-0.15, -0.1) is 0 Å². The van der Waals surface area contributed by atoms with Gasteiger partial charge < -0.3 is 20.1 Å². The number of benzene rings is 1. The first kappa shape index (κ1) is 15.7. The minimum atomic E-state index is -1.50. The van der Waals surface area contributed by atoms with Crippen molar-refractivity contribution in [2.45, 2.75) is 17.9 Å². The second kappa shape index (κ2) is 5.48. The second-order valence-electron chi connectivity index (χ2n) is 4.80. The fraction of sp³-hybridized carbons (Fsp3) is 0.417. The van der Waals surface area contributed by atoms with Crippen molar-refractivity contribution < 1.29 is 20.1 Å². The fourth-order valence-electron chi connectivity index (χ4n) is 2.52. The average molecular weight is 445 g/mol. The number of imidazole rings is 1. The molecule has 6 nitrogen and oxygen atoms in total. The molecule has 0 bridgehead atoms. The van der Waals surface area contributed by atoms with Gasteiger partial charge in [-0.05, 0) is 12.1 Å². The zero-order chi connectivity index (χ0) is 15.4. The molecule has 3 N–H and O–H groups in total. The molecule has 0 saturated carbocycles. The molecule has 1 aromatic heterocycles. The standard InChI is InChI=1S/C12H11Cl2IN2O4/c13-5-1-7-8(2-6(5)14)17(11(15)16-7)12(4-18)10(20)9(19)3-21-12/h1-2,9-10,18-20H,3-4H2/t9-,10-,12-/m0/s1. The van der Waals surface area contributed by atoms with E-state index in [4.69, 9.17) is 27.9 Å². The Morgan fingerprint density at radius 2 is 2.05 bits per heavy atom. The Kier molecular flexibility index (Phi) is 4.11. The highest BCUT2D eigenvalue weighted by molar-refractivity contribution is 14.1. The van der Waals surface area contributed by atoms with Crippen LogP contribution < -0.4 is 0 Å². The van der Waals surface area contributed by atoms with Crippen LogP contribution in [0.4, 0.5) is 0 Å². The fourth-order valence-corrected chi connectivity index (χ4v) is 3.76. The van der Waals surface area contributed by atoms with Gasteiger partial charge in [-0.2, -0.15) is 0 Å². The van der Waals surface area contributed by atoms with Crippen LogP contribution in [0.2, 0.25) is 10.0 Å². The molecule has 1 aliphatic heterocycles. The van der Waals surface area contributed by atoms with Crippen molar-refractivity contribution in [1.29, 1.82) is 0 Å². The highest BCUT2D eigenvalue weighted by Crippen LogP contribution is 2.38. The molecule has 21 heavy (non-hydrogen) atoms. The van der Waals surface area contributed by atoms with E-state index in [-0.39, 0.29) is 6.61 Å². The molecule has 2 heterocycles. The Morgan fingerprint density at radius 1 is 1.38 bits per heavy atom. The van der Waals surface area contributed by atoms with E-state index >= 15 is 0 Å². The molecule has 1 saturated heterocycles. The lowest BCUT2D eigenvalue weighted by molar-refractivity contribution is -0.150. The van der Waals surface area contributed by atoms with Crippen molar-refractivity contribution >= 4 is 56.8 Å². The molecule has 0 aliphatic carbocycles. The molecule has 9 heteroatoms. The van der Waals surface area contributed by atoms with Crippen LogP contribution >= 0.6 is 45.8 Å². The number of aliphatic hydroxyl groups excluding tert-OH is 3. The molecule has 0 spiro atoms. The van der Waals surface area contributed by atoms with Crippen molar-refractivity contribution in [3.63, 3.8) is 0 Å². The predicted molar refractivity (Wildman–Crippen MR) is 85.5 cm³/mol. The molecule has 0 amide bonds. The largest absolute Gasteiger partial charge is 0.391 e. The van der Waals surface area contributed by atoms with E-state index in [1.54, 1.807) is 12.1 Å². The van der Waals surface area contributed by atoms with Crippen LogP contribution in [-0.4, -0.2) is 50.3 Å². The van der Waals surface area contributed by atoms with Gasteiger partial charge in [0.05, 0.1) is 34.3 Å². The number of nitrogens with zero attached hydrogens (tertiary/aromatic N) is 2. The van der Waals surface area contributed by atoms with E-state index in [9.17, 15) is 15.3 Å². The van der Waals surface area contributed by atoms with Crippen molar-refractivity contribution in [3.8, 4) is 0 Å². The molecule has 0 radical (unpaired) electrons. The summed E-state index contributed by atoms with van der Waals surface area (Å²) in [4.78, 5) is 4.33. The van der Waals surface area contributed by atoms with Crippen LogP contribution in [-0.2, 0) is 10.5 Å². The van der Waals surface area contributed by atoms with E-state index in [1.165, 1.54) is 4.57 Å². The van der Waals surface area contributed by atoms with E-state index in [1.807, 2.05) is 22.6 Å². The summed E-state index contributed by atoms with van der Waals surface area (Å²) in [5.41, 5.74) is -0.392. The summed E-state index contributed by atoms with van der Waals surface area (Å²) in [6.07, 6.45) is -2.38. The van der Waals surface area contributed by atoms with Crippen molar-refractivity contribution in [2.75, 3.05) is 13.2 Å². The SMILES string of the molecule is OC[C@]1(n2c(I)nc3cc(Cl)c(Cl)cc32)OC[C@H](O)[C@@H]1O. The zero-order valence-electron chi connectivity index (χ0n) is 10.5. The highest BCUT2D eigenvalue weighted by Gasteiger charge is 2.51. The minimum Gasteiger partial charge on any atom is -0.391 e. The lowest BCUT2D eigenvalue weighted by atomic mass is 10.1.